The number of carboxylic acid groups (broad SMARTS) is 2. The number of hydrogen-bond donors (Lipinski definition) is 5. The number of carboxylic acids is 2. The molecule has 3 atom stereocenters. The molecule has 0 fully saturated rings. The average Bonchev–Trinajstić information content (AvgIpc) is 3.12. The third-order valence-corrected chi connectivity index (χ3v) is 8.01. The number of carbonyl (C=O) groups excluding carboxylic acids is 2. The lowest BCUT2D eigenvalue weighted by Crippen LogP contribution is -2.71. The molecule has 3 unspecified atom stereocenters. The molecule has 1 aliphatic rings. The number of carbonyl (C=O) groups is 4. The van der Waals surface area contributed by atoms with Crippen LogP contribution in [0.1, 0.15) is 31.8 Å². The minimum absolute atomic E-state index is 0.0722. The van der Waals surface area contributed by atoms with Crippen molar-refractivity contribution in [3.63, 3.8) is 0 Å². The minimum Gasteiger partial charge on any atom is -0.479 e. The van der Waals surface area contributed by atoms with Gasteiger partial charge in [0.25, 0.3) is 11.2 Å². The van der Waals surface area contributed by atoms with Crippen molar-refractivity contribution in [2.75, 3.05) is 19.7 Å². The Labute approximate surface area is 275 Å². The third kappa shape index (κ3) is 7.45. The molecule has 0 aliphatic carbocycles. The molecule has 0 bridgehead atoms. The second-order valence-corrected chi connectivity index (χ2v) is 11.1. The van der Waals surface area contributed by atoms with Crippen LogP contribution in [0.3, 0.4) is 0 Å². The van der Waals surface area contributed by atoms with E-state index >= 15 is 0 Å². The summed E-state index contributed by atoms with van der Waals surface area (Å²) in [6, 6.07) is 29.7. The molecule has 0 radical (unpaired) electrons. The van der Waals surface area contributed by atoms with Crippen LogP contribution in [0, 0.1) is 11.7 Å². The maximum atomic E-state index is 13.1. The molecule has 0 saturated heterocycles. The lowest BCUT2D eigenvalue weighted by molar-refractivity contribution is -0.187. The molecule has 4 aromatic carbocycles. The Hall–Kier alpha value is -5.33. The molecule has 1 aliphatic heterocycles. The number of rotatable bonds is 11. The highest BCUT2D eigenvalue weighted by Gasteiger charge is 2.69. The van der Waals surface area contributed by atoms with Gasteiger partial charge in [-0.2, -0.15) is 0 Å². The fourth-order valence-corrected chi connectivity index (χ4v) is 5.43. The fourth-order valence-electron chi connectivity index (χ4n) is 5.43. The van der Waals surface area contributed by atoms with Crippen LogP contribution >= 0.6 is 0 Å². The maximum Gasteiger partial charge on any atom is 0.348 e. The van der Waals surface area contributed by atoms with Gasteiger partial charge in [0.15, 0.2) is 0 Å². The van der Waals surface area contributed by atoms with Crippen LogP contribution in [0.2, 0.25) is 0 Å². The van der Waals surface area contributed by atoms with Crippen LogP contribution < -0.4 is 0 Å². The summed E-state index contributed by atoms with van der Waals surface area (Å²) in [6.07, 6.45) is 2.15. The Morgan fingerprint density at radius 2 is 1.12 bits per heavy atom. The van der Waals surface area contributed by atoms with Crippen molar-refractivity contribution in [2.45, 2.75) is 17.7 Å². The molecule has 5 rings (SSSR count). The van der Waals surface area contributed by atoms with Gasteiger partial charge in [0.1, 0.15) is 5.82 Å². The van der Waals surface area contributed by atoms with E-state index in [1.165, 1.54) is 54.1 Å². The van der Waals surface area contributed by atoms with Crippen molar-refractivity contribution in [2.24, 2.45) is 5.92 Å². The summed E-state index contributed by atoms with van der Waals surface area (Å²) in [7, 11) is 0. The predicted molar refractivity (Wildman–Crippen MR) is 173 cm³/mol. The number of aliphatic hydroxyl groups excluding tert-OH is 1. The van der Waals surface area contributed by atoms with Crippen LogP contribution in [0.5, 0.6) is 0 Å². The number of aliphatic carboxylic acids is 2. The predicted octanol–water partition coefficient (Wildman–Crippen LogP) is 3.72. The van der Waals surface area contributed by atoms with E-state index in [1.807, 2.05) is 18.2 Å². The molecule has 0 amide bonds. The monoisotopic (exact) mass is 655 g/mol. The standard InChI is InChI=1S/C19H20FNO.C18H14O8/c20-18-8-6-16(7-9-18)19-10-11-21(13-17(19)14-22)12-15-4-2-1-3-5-15;19-13(11-7-3-1-4-8-11)17(25,15(21)22)18(26,16(23)24)14(20)12-9-5-2-6-10-12/h1-10,17,22H,11-14H2;1-10,25-26H,(H,21,22)(H,23,24). The Kier molecular flexibility index (Phi) is 11.5. The summed E-state index contributed by atoms with van der Waals surface area (Å²) in [4.78, 5) is 50.9. The van der Waals surface area contributed by atoms with Crippen molar-refractivity contribution in [3.8, 4) is 0 Å². The highest BCUT2D eigenvalue weighted by Crippen LogP contribution is 2.32. The fraction of sp³-hybridized carbons (Fsp3) is 0.189. The van der Waals surface area contributed by atoms with Gasteiger partial charge in [0, 0.05) is 36.7 Å². The van der Waals surface area contributed by atoms with Gasteiger partial charge in [-0.05, 0) is 28.8 Å². The number of Topliss-reactive ketones (excluding diaryl/α,β-unsaturated/α-hetero) is 2. The van der Waals surface area contributed by atoms with Gasteiger partial charge in [-0.15, -0.1) is 0 Å². The Morgan fingerprint density at radius 1 is 0.688 bits per heavy atom. The van der Waals surface area contributed by atoms with E-state index in [9.17, 15) is 49.1 Å². The molecule has 0 aromatic heterocycles. The minimum atomic E-state index is -3.95. The Morgan fingerprint density at radius 3 is 1.54 bits per heavy atom. The van der Waals surface area contributed by atoms with Crippen LogP contribution in [-0.4, -0.2) is 84.8 Å². The molecular formula is C37H34FNO9. The summed E-state index contributed by atoms with van der Waals surface area (Å²) in [6.45, 7) is 2.64. The highest BCUT2D eigenvalue weighted by molar-refractivity contribution is 6.28. The number of halogens is 1. The highest BCUT2D eigenvalue weighted by atomic mass is 19.1. The van der Waals surface area contributed by atoms with E-state index in [-0.39, 0.29) is 18.3 Å². The number of benzene rings is 4. The molecule has 11 heteroatoms. The summed E-state index contributed by atoms with van der Waals surface area (Å²) >= 11 is 0. The van der Waals surface area contributed by atoms with E-state index in [0.29, 0.717) is 0 Å². The van der Waals surface area contributed by atoms with E-state index in [2.05, 4.69) is 23.1 Å². The molecular weight excluding hydrogens is 621 g/mol. The average molecular weight is 656 g/mol. The maximum absolute atomic E-state index is 13.1. The van der Waals surface area contributed by atoms with Gasteiger partial charge < -0.3 is 25.5 Å². The van der Waals surface area contributed by atoms with Gasteiger partial charge in [-0.3, -0.25) is 14.5 Å². The SMILES string of the molecule is O=C(O)C(O)(C(=O)c1ccccc1)C(O)(C(=O)O)C(=O)c1ccccc1.OCC1CN(Cc2ccccc2)CC=C1c1ccc(F)cc1. The van der Waals surface area contributed by atoms with Crippen molar-refractivity contribution in [1.82, 2.24) is 4.90 Å². The Balaban J connectivity index is 0.000000219. The normalized spacial score (nSPS) is 17.0. The first kappa shape index (κ1) is 35.5. The molecule has 248 valence electrons. The van der Waals surface area contributed by atoms with Crippen molar-refractivity contribution in [3.05, 3.63) is 149 Å². The van der Waals surface area contributed by atoms with E-state index in [0.717, 1.165) is 55.0 Å². The molecule has 4 aromatic rings. The van der Waals surface area contributed by atoms with Crippen LogP contribution in [0.4, 0.5) is 4.39 Å². The van der Waals surface area contributed by atoms with Crippen LogP contribution in [0.25, 0.3) is 5.57 Å². The summed E-state index contributed by atoms with van der Waals surface area (Å²) in [5.74, 6) is -8.19. The van der Waals surface area contributed by atoms with E-state index < -0.39 is 45.8 Å². The first-order valence-electron chi connectivity index (χ1n) is 14.9. The first-order chi connectivity index (χ1) is 22.9. The summed E-state index contributed by atoms with van der Waals surface area (Å²) in [5, 5.41) is 49.6. The van der Waals surface area contributed by atoms with Crippen molar-refractivity contribution >= 4 is 29.1 Å². The second-order valence-electron chi connectivity index (χ2n) is 11.1. The number of aliphatic hydroxyl groups is 3. The largest absolute Gasteiger partial charge is 0.479 e. The molecule has 1 heterocycles. The smallest absolute Gasteiger partial charge is 0.348 e. The van der Waals surface area contributed by atoms with E-state index in [1.54, 1.807) is 12.1 Å². The van der Waals surface area contributed by atoms with E-state index in [4.69, 9.17) is 0 Å². The first-order valence-corrected chi connectivity index (χ1v) is 14.9. The molecule has 0 saturated carbocycles. The summed E-state index contributed by atoms with van der Waals surface area (Å²) in [5.41, 5.74) is -5.29. The van der Waals surface area contributed by atoms with Gasteiger partial charge in [-0.25, -0.2) is 14.0 Å². The van der Waals surface area contributed by atoms with Gasteiger partial charge in [0.2, 0.25) is 11.6 Å². The second kappa shape index (κ2) is 15.5. The van der Waals surface area contributed by atoms with Gasteiger partial charge >= 0.3 is 11.9 Å². The lowest BCUT2D eigenvalue weighted by Gasteiger charge is -2.34. The van der Waals surface area contributed by atoms with Crippen LogP contribution in [-0.2, 0) is 16.1 Å². The zero-order valence-electron chi connectivity index (χ0n) is 25.6. The van der Waals surface area contributed by atoms with Gasteiger partial charge in [0.05, 0.1) is 6.61 Å². The molecule has 0 spiro atoms. The quantitative estimate of drug-likeness (QED) is 0.118. The molecule has 10 nitrogen and oxygen atoms in total. The van der Waals surface area contributed by atoms with Gasteiger partial charge in [-0.1, -0.05) is 109 Å². The zero-order chi connectivity index (χ0) is 34.9. The molecule has 5 N–H and O–H groups in total. The topological polar surface area (TPSA) is 173 Å². The molecule has 48 heavy (non-hydrogen) atoms. The zero-order valence-corrected chi connectivity index (χ0v) is 25.6. The summed E-state index contributed by atoms with van der Waals surface area (Å²) < 4.78 is 13.1. The number of nitrogens with zero attached hydrogens (tertiary/aromatic N) is 1. The van der Waals surface area contributed by atoms with Crippen molar-refractivity contribution < 1.29 is 49.1 Å². The number of ketones is 2. The third-order valence-electron chi connectivity index (χ3n) is 8.01. The van der Waals surface area contributed by atoms with Crippen molar-refractivity contribution in [1.29, 1.82) is 0 Å². The van der Waals surface area contributed by atoms with Crippen LogP contribution in [0.15, 0.2) is 121 Å². The Bertz CT molecular complexity index is 1690. The number of hydrogen-bond acceptors (Lipinski definition) is 8. The lowest BCUT2D eigenvalue weighted by atomic mass is 9.73.